The lowest BCUT2D eigenvalue weighted by Crippen LogP contribution is -2.41. The maximum atomic E-state index is 12.7. The van der Waals surface area contributed by atoms with Crippen molar-refractivity contribution >= 4 is 11.9 Å². The zero-order chi connectivity index (χ0) is 15.2. The summed E-state index contributed by atoms with van der Waals surface area (Å²) in [4.78, 5) is 26.0. The maximum Gasteiger partial charge on any atom is 0.325 e. The minimum Gasteiger partial charge on any atom is -0.319 e. The van der Waals surface area contributed by atoms with Crippen molar-refractivity contribution in [3.63, 3.8) is 0 Å². The quantitative estimate of drug-likeness (QED) is 0.685. The monoisotopic (exact) mass is 284 g/mol. The van der Waals surface area contributed by atoms with Gasteiger partial charge in [-0.1, -0.05) is 30.4 Å². The molecule has 0 bridgehead atoms. The summed E-state index contributed by atoms with van der Waals surface area (Å²) in [5, 5.41) is 2.84. The largest absolute Gasteiger partial charge is 0.325 e. The summed E-state index contributed by atoms with van der Waals surface area (Å²) >= 11 is 0. The van der Waals surface area contributed by atoms with E-state index in [1.165, 1.54) is 16.0 Å². The highest BCUT2D eigenvalue weighted by Gasteiger charge is 2.48. The summed E-state index contributed by atoms with van der Waals surface area (Å²) in [6.45, 7) is 7.64. The van der Waals surface area contributed by atoms with E-state index in [4.69, 9.17) is 0 Å². The van der Waals surface area contributed by atoms with Crippen LogP contribution < -0.4 is 5.32 Å². The summed E-state index contributed by atoms with van der Waals surface area (Å²) in [5.74, 6) is -0.201. The molecule has 1 aliphatic heterocycles. The number of rotatable bonds is 3. The number of nitrogens with one attached hydrogen (secondary N) is 1. The highest BCUT2D eigenvalue weighted by molar-refractivity contribution is 6.07. The molecule has 1 fully saturated rings. The number of carbonyl (C=O) groups is 2. The second-order valence-electron chi connectivity index (χ2n) is 6.24. The molecule has 1 aromatic carbocycles. The van der Waals surface area contributed by atoms with Crippen LogP contribution in [-0.4, -0.2) is 23.4 Å². The van der Waals surface area contributed by atoms with Crippen molar-refractivity contribution in [2.75, 3.05) is 6.54 Å². The van der Waals surface area contributed by atoms with Crippen LogP contribution in [0.5, 0.6) is 0 Å². The summed E-state index contributed by atoms with van der Waals surface area (Å²) in [6.07, 6.45) is 3.32. The third-order valence-electron chi connectivity index (χ3n) is 4.38. The predicted octanol–water partition coefficient (Wildman–Crippen LogP) is 2.52. The Labute approximate surface area is 124 Å². The van der Waals surface area contributed by atoms with Gasteiger partial charge in [-0.05, 0) is 49.8 Å². The Balaban J connectivity index is 1.96. The van der Waals surface area contributed by atoms with Crippen LogP contribution in [0.25, 0.3) is 0 Å². The maximum absolute atomic E-state index is 12.7. The van der Waals surface area contributed by atoms with Crippen molar-refractivity contribution in [3.05, 3.63) is 47.0 Å². The Kier molecular flexibility index (Phi) is 3.12. The minimum absolute atomic E-state index is 0.201. The summed E-state index contributed by atoms with van der Waals surface area (Å²) < 4.78 is 0. The molecule has 21 heavy (non-hydrogen) atoms. The van der Waals surface area contributed by atoms with Gasteiger partial charge in [0.05, 0.1) is 6.54 Å². The molecule has 2 aliphatic rings. The predicted molar refractivity (Wildman–Crippen MR) is 80.9 cm³/mol. The SMILES string of the molecule is C=C(C)CN1C(=O)NC(C)(c2ccc3c(c2)CCC3)C1=O. The Morgan fingerprint density at radius 1 is 1.33 bits per heavy atom. The zero-order valence-corrected chi connectivity index (χ0v) is 12.5. The fourth-order valence-electron chi connectivity index (χ4n) is 3.19. The van der Waals surface area contributed by atoms with Crippen molar-refractivity contribution < 1.29 is 9.59 Å². The summed E-state index contributed by atoms with van der Waals surface area (Å²) in [5.41, 5.74) is 3.35. The molecule has 4 nitrogen and oxygen atoms in total. The highest BCUT2D eigenvalue weighted by Crippen LogP contribution is 2.32. The van der Waals surface area contributed by atoms with Crippen LogP contribution in [0.15, 0.2) is 30.4 Å². The number of imide groups is 1. The molecule has 0 spiro atoms. The van der Waals surface area contributed by atoms with Crippen LogP contribution >= 0.6 is 0 Å². The Hall–Kier alpha value is -2.10. The standard InChI is InChI=1S/C17H20N2O2/c1-11(2)10-19-15(20)17(3,18-16(19)21)14-8-7-12-5-4-6-13(12)9-14/h7-9H,1,4-6,10H2,2-3H3,(H,18,21). The number of hydrogen-bond acceptors (Lipinski definition) is 2. The number of urea groups is 1. The molecule has 1 aliphatic carbocycles. The normalized spacial score (nSPS) is 24.2. The molecule has 3 rings (SSSR count). The fourth-order valence-corrected chi connectivity index (χ4v) is 3.19. The van der Waals surface area contributed by atoms with Crippen LogP contribution in [0.2, 0.25) is 0 Å². The average molecular weight is 284 g/mol. The number of aryl methyl sites for hydroxylation is 2. The third-order valence-corrected chi connectivity index (χ3v) is 4.38. The Morgan fingerprint density at radius 3 is 2.76 bits per heavy atom. The molecule has 1 heterocycles. The van der Waals surface area contributed by atoms with Crippen LogP contribution in [0.3, 0.4) is 0 Å². The minimum atomic E-state index is -0.968. The number of nitrogens with zero attached hydrogens (tertiary/aromatic N) is 1. The van der Waals surface area contributed by atoms with Crippen molar-refractivity contribution in [1.82, 2.24) is 10.2 Å². The smallest absolute Gasteiger partial charge is 0.319 e. The van der Waals surface area contributed by atoms with E-state index in [9.17, 15) is 9.59 Å². The number of hydrogen-bond donors (Lipinski definition) is 1. The van der Waals surface area contributed by atoms with E-state index >= 15 is 0 Å². The molecular formula is C17H20N2O2. The van der Waals surface area contributed by atoms with E-state index in [1.807, 2.05) is 13.0 Å². The second kappa shape index (κ2) is 4.72. The molecule has 110 valence electrons. The lowest BCUT2D eigenvalue weighted by molar-refractivity contribution is -0.130. The van der Waals surface area contributed by atoms with Crippen molar-refractivity contribution in [2.45, 2.75) is 38.6 Å². The first-order valence-corrected chi connectivity index (χ1v) is 7.32. The number of benzene rings is 1. The first-order chi connectivity index (χ1) is 9.91. The van der Waals surface area contributed by atoms with E-state index in [0.717, 1.165) is 30.4 Å². The van der Waals surface area contributed by atoms with Gasteiger partial charge in [0.1, 0.15) is 5.54 Å². The molecule has 3 amide bonds. The average Bonchev–Trinajstić information content (AvgIpc) is 2.97. The van der Waals surface area contributed by atoms with E-state index in [1.54, 1.807) is 6.92 Å². The first-order valence-electron chi connectivity index (χ1n) is 7.32. The molecule has 0 radical (unpaired) electrons. The van der Waals surface area contributed by atoms with Gasteiger partial charge in [0.25, 0.3) is 5.91 Å². The van der Waals surface area contributed by atoms with Gasteiger partial charge in [0.15, 0.2) is 0 Å². The van der Waals surface area contributed by atoms with Crippen molar-refractivity contribution in [3.8, 4) is 0 Å². The van der Waals surface area contributed by atoms with Gasteiger partial charge < -0.3 is 5.32 Å². The molecule has 4 heteroatoms. The van der Waals surface area contributed by atoms with Gasteiger partial charge >= 0.3 is 6.03 Å². The van der Waals surface area contributed by atoms with E-state index in [0.29, 0.717) is 0 Å². The van der Waals surface area contributed by atoms with Crippen molar-refractivity contribution in [1.29, 1.82) is 0 Å². The Bertz CT molecular complexity index is 650. The van der Waals surface area contributed by atoms with E-state index in [-0.39, 0.29) is 18.5 Å². The molecule has 1 aromatic rings. The molecule has 1 saturated heterocycles. The van der Waals surface area contributed by atoms with Gasteiger partial charge in [0, 0.05) is 0 Å². The van der Waals surface area contributed by atoms with Crippen molar-refractivity contribution in [2.24, 2.45) is 0 Å². The van der Waals surface area contributed by atoms with Gasteiger partial charge in [-0.2, -0.15) is 0 Å². The molecule has 1 atom stereocenters. The number of carbonyl (C=O) groups excluding carboxylic acids is 2. The summed E-state index contributed by atoms with van der Waals surface area (Å²) in [6, 6.07) is 5.78. The molecule has 1 unspecified atom stereocenters. The van der Waals surface area contributed by atoms with Crippen LogP contribution in [-0.2, 0) is 23.2 Å². The van der Waals surface area contributed by atoms with Crippen LogP contribution in [0.4, 0.5) is 4.79 Å². The van der Waals surface area contributed by atoms with E-state index in [2.05, 4.69) is 24.0 Å². The van der Waals surface area contributed by atoms with Crippen LogP contribution in [0.1, 0.15) is 37.0 Å². The number of amides is 3. The topological polar surface area (TPSA) is 49.4 Å². The third kappa shape index (κ3) is 2.15. The lowest BCUT2D eigenvalue weighted by atomic mass is 9.89. The van der Waals surface area contributed by atoms with E-state index < -0.39 is 5.54 Å². The second-order valence-corrected chi connectivity index (χ2v) is 6.24. The first kappa shape index (κ1) is 13.9. The molecular weight excluding hydrogens is 264 g/mol. The van der Waals surface area contributed by atoms with Gasteiger partial charge in [-0.25, -0.2) is 4.79 Å². The van der Waals surface area contributed by atoms with Gasteiger partial charge in [0.2, 0.25) is 0 Å². The Morgan fingerprint density at radius 2 is 2.05 bits per heavy atom. The van der Waals surface area contributed by atoms with Gasteiger partial charge in [-0.15, -0.1) is 0 Å². The summed E-state index contributed by atoms with van der Waals surface area (Å²) in [7, 11) is 0. The van der Waals surface area contributed by atoms with Gasteiger partial charge in [-0.3, -0.25) is 9.69 Å². The molecule has 1 N–H and O–H groups in total. The molecule has 0 aromatic heterocycles. The van der Waals surface area contributed by atoms with Crippen LogP contribution in [0, 0.1) is 0 Å². The number of fused-ring (bicyclic) bond motifs is 1. The fraction of sp³-hybridized carbons (Fsp3) is 0.412. The molecule has 0 saturated carbocycles. The lowest BCUT2D eigenvalue weighted by Gasteiger charge is -2.23. The zero-order valence-electron chi connectivity index (χ0n) is 12.5. The highest BCUT2D eigenvalue weighted by atomic mass is 16.2.